The maximum absolute atomic E-state index is 12.4. The van der Waals surface area contributed by atoms with Crippen molar-refractivity contribution in [2.24, 2.45) is 0 Å². The quantitative estimate of drug-likeness (QED) is 0.551. The molecule has 0 radical (unpaired) electrons. The molecule has 2 rings (SSSR count). The van der Waals surface area contributed by atoms with E-state index < -0.39 is 5.54 Å². The summed E-state index contributed by atoms with van der Waals surface area (Å²) in [6.07, 6.45) is 7.25. The Hall–Kier alpha value is -2.59. The highest BCUT2D eigenvalue weighted by Crippen LogP contribution is 2.21. The number of hydrogen-bond donors (Lipinski definition) is 2. The fourth-order valence-electron chi connectivity index (χ4n) is 2.70. The van der Waals surface area contributed by atoms with E-state index in [-0.39, 0.29) is 12.3 Å². The topological polar surface area (TPSA) is 71.9 Å². The molecule has 7 heteroatoms. The Morgan fingerprint density at radius 1 is 1.38 bits per heavy atom. The Morgan fingerprint density at radius 3 is 2.58 bits per heavy atom. The maximum atomic E-state index is 12.4. The molecule has 0 spiro atoms. The summed E-state index contributed by atoms with van der Waals surface area (Å²) in [7, 11) is 1.62. The summed E-state index contributed by atoms with van der Waals surface area (Å²) in [5, 5.41) is 10.0. The van der Waals surface area contributed by atoms with Gasteiger partial charge in [0.15, 0.2) is 10.6 Å². The van der Waals surface area contributed by atoms with Crippen LogP contribution in [0.3, 0.4) is 0 Å². The molecular formula is C19H24N4O2S. The largest absolute Gasteiger partial charge is 0.497 e. The summed E-state index contributed by atoms with van der Waals surface area (Å²) in [4.78, 5) is 12.4. The molecule has 2 N–H and O–H groups in total. The highest BCUT2D eigenvalue weighted by atomic mass is 32.1. The van der Waals surface area contributed by atoms with Gasteiger partial charge in [-0.25, -0.2) is 0 Å². The third kappa shape index (κ3) is 4.33. The molecule has 0 fully saturated rings. The number of aromatic amines is 1. The van der Waals surface area contributed by atoms with Crippen molar-refractivity contribution < 1.29 is 9.53 Å². The minimum Gasteiger partial charge on any atom is -0.497 e. The van der Waals surface area contributed by atoms with Crippen molar-refractivity contribution in [2.75, 3.05) is 7.11 Å². The second kappa shape index (κ2) is 8.68. The summed E-state index contributed by atoms with van der Waals surface area (Å²) in [5.41, 5.74) is 0.298. The molecule has 26 heavy (non-hydrogen) atoms. The average molecular weight is 372 g/mol. The van der Waals surface area contributed by atoms with Crippen molar-refractivity contribution in [1.29, 1.82) is 0 Å². The first-order valence-electron chi connectivity index (χ1n) is 8.57. The van der Waals surface area contributed by atoms with Gasteiger partial charge >= 0.3 is 0 Å². The molecule has 1 aromatic carbocycles. The molecule has 0 aliphatic heterocycles. The van der Waals surface area contributed by atoms with Crippen molar-refractivity contribution in [3.63, 3.8) is 0 Å². The van der Waals surface area contributed by atoms with E-state index in [9.17, 15) is 4.79 Å². The van der Waals surface area contributed by atoms with Gasteiger partial charge in [-0.3, -0.25) is 14.5 Å². The Balaban J connectivity index is 2.13. The lowest BCUT2D eigenvalue weighted by atomic mass is 9.94. The number of terminal acetylenes is 1. The first-order chi connectivity index (χ1) is 12.5. The third-order valence-electron chi connectivity index (χ3n) is 4.53. The van der Waals surface area contributed by atoms with Gasteiger partial charge in [0.1, 0.15) is 11.3 Å². The van der Waals surface area contributed by atoms with Crippen molar-refractivity contribution in [1.82, 2.24) is 20.1 Å². The third-order valence-corrected chi connectivity index (χ3v) is 4.84. The van der Waals surface area contributed by atoms with Gasteiger partial charge in [0.2, 0.25) is 5.91 Å². The van der Waals surface area contributed by atoms with E-state index in [1.165, 1.54) is 0 Å². The number of nitrogens with one attached hydrogen (secondary N) is 2. The van der Waals surface area contributed by atoms with Crippen LogP contribution in [0.15, 0.2) is 24.3 Å². The van der Waals surface area contributed by atoms with Crippen molar-refractivity contribution in [3.8, 4) is 29.5 Å². The normalized spacial score (nSPS) is 11.0. The second-order valence-corrected chi connectivity index (χ2v) is 6.35. The van der Waals surface area contributed by atoms with E-state index in [0.717, 1.165) is 11.3 Å². The summed E-state index contributed by atoms with van der Waals surface area (Å²) >= 11 is 5.31. The minimum absolute atomic E-state index is 0.101. The molecule has 0 saturated heterocycles. The van der Waals surface area contributed by atoms with Gasteiger partial charge < -0.3 is 10.1 Å². The Kier molecular flexibility index (Phi) is 6.58. The molecule has 6 nitrogen and oxygen atoms in total. The maximum Gasteiger partial charge on any atom is 0.222 e. The van der Waals surface area contributed by atoms with Crippen molar-refractivity contribution in [2.45, 2.75) is 45.2 Å². The fourth-order valence-corrected chi connectivity index (χ4v) is 2.92. The molecular weight excluding hydrogens is 348 g/mol. The van der Waals surface area contributed by atoms with E-state index in [0.29, 0.717) is 30.0 Å². The number of amides is 1. The molecule has 1 aromatic heterocycles. The molecule has 0 atom stereocenters. The van der Waals surface area contributed by atoms with Crippen LogP contribution in [-0.2, 0) is 11.3 Å². The fraction of sp³-hybridized carbons (Fsp3) is 0.421. The number of methoxy groups -OCH3 is 1. The number of nitrogens with zero attached hydrogens (tertiary/aromatic N) is 2. The molecule has 0 aliphatic carbocycles. The van der Waals surface area contributed by atoms with Crippen LogP contribution in [-0.4, -0.2) is 33.3 Å². The standard InChI is InChI=1S/C19H24N4O2S/c1-5-19(6-2,7-3)20-16(24)12-13-23-17(21-22-18(23)26)14-8-10-15(25-4)11-9-14/h1,8-11H,6-7,12-13H2,2-4H3,(H,20,24)(H,22,26). The number of ether oxygens (including phenoxy) is 1. The highest BCUT2D eigenvalue weighted by molar-refractivity contribution is 7.71. The van der Waals surface area contributed by atoms with Crippen LogP contribution >= 0.6 is 12.2 Å². The summed E-state index contributed by atoms with van der Waals surface area (Å²) in [6, 6.07) is 7.51. The lowest BCUT2D eigenvalue weighted by Gasteiger charge is -2.27. The van der Waals surface area contributed by atoms with Gasteiger partial charge in [-0.05, 0) is 49.3 Å². The van der Waals surface area contributed by atoms with Crippen LogP contribution in [0, 0.1) is 17.1 Å². The molecule has 138 valence electrons. The number of rotatable bonds is 8. The number of carbonyl (C=O) groups excluding carboxylic acids is 1. The molecule has 0 aliphatic rings. The van der Waals surface area contributed by atoms with Gasteiger partial charge in [-0.15, -0.1) is 6.42 Å². The van der Waals surface area contributed by atoms with E-state index in [1.807, 2.05) is 42.7 Å². The molecule has 1 heterocycles. The lowest BCUT2D eigenvalue weighted by molar-refractivity contribution is -0.122. The number of carbonyl (C=O) groups is 1. The molecule has 0 unspecified atom stereocenters. The summed E-state index contributed by atoms with van der Waals surface area (Å²) in [5.74, 6) is 4.05. The van der Waals surface area contributed by atoms with E-state index in [2.05, 4.69) is 21.4 Å². The first kappa shape index (κ1) is 19.7. The predicted octanol–water partition coefficient (Wildman–Crippen LogP) is 3.31. The van der Waals surface area contributed by atoms with Crippen molar-refractivity contribution >= 4 is 18.1 Å². The zero-order valence-corrected chi connectivity index (χ0v) is 16.2. The number of H-pyrrole nitrogens is 1. The average Bonchev–Trinajstić information content (AvgIpc) is 3.05. The zero-order valence-electron chi connectivity index (χ0n) is 15.3. The molecule has 2 aromatic rings. The van der Waals surface area contributed by atoms with E-state index in [1.54, 1.807) is 7.11 Å². The second-order valence-electron chi connectivity index (χ2n) is 5.96. The highest BCUT2D eigenvalue weighted by Gasteiger charge is 2.25. The Bertz CT molecular complexity index is 842. The number of hydrogen-bond acceptors (Lipinski definition) is 4. The smallest absolute Gasteiger partial charge is 0.222 e. The van der Waals surface area contributed by atoms with E-state index >= 15 is 0 Å². The van der Waals surface area contributed by atoms with Crippen LogP contribution < -0.4 is 10.1 Å². The van der Waals surface area contributed by atoms with Gasteiger partial charge in [0.25, 0.3) is 0 Å². The summed E-state index contributed by atoms with van der Waals surface area (Å²) in [6.45, 7) is 4.35. The molecule has 1 amide bonds. The van der Waals surface area contributed by atoms with Crippen molar-refractivity contribution in [3.05, 3.63) is 29.0 Å². The van der Waals surface area contributed by atoms with Crippen LogP contribution in [0.5, 0.6) is 5.75 Å². The molecule has 0 saturated carbocycles. The van der Waals surface area contributed by atoms with Gasteiger partial charge in [-0.1, -0.05) is 19.8 Å². The summed E-state index contributed by atoms with van der Waals surface area (Å²) < 4.78 is 7.45. The zero-order chi connectivity index (χ0) is 19.2. The Labute approximate surface area is 159 Å². The SMILES string of the molecule is C#CC(CC)(CC)NC(=O)CCn1c(-c2ccc(OC)cc2)n[nH]c1=S. The van der Waals surface area contributed by atoms with Crippen LogP contribution in [0.2, 0.25) is 0 Å². The monoisotopic (exact) mass is 372 g/mol. The van der Waals surface area contributed by atoms with Gasteiger partial charge in [0, 0.05) is 18.5 Å². The van der Waals surface area contributed by atoms with Gasteiger partial charge in [-0.2, -0.15) is 5.10 Å². The van der Waals surface area contributed by atoms with Crippen LogP contribution in [0.4, 0.5) is 0 Å². The lowest BCUT2D eigenvalue weighted by Crippen LogP contribution is -2.46. The molecule has 0 bridgehead atoms. The number of aromatic nitrogens is 3. The van der Waals surface area contributed by atoms with Crippen LogP contribution in [0.1, 0.15) is 33.1 Å². The van der Waals surface area contributed by atoms with Gasteiger partial charge in [0.05, 0.1) is 7.11 Å². The Morgan fingerprint density at radius 2 is 2.04 bits per heavy atom. The minimum atomic E-state index is -0.590. The van der Waals surface area contributed by atoms with Crippen LogP contribution in [0.25, 0.3) is 11.4 Å². The predicted molar refractivity (Wildman–Crippen MR) is 104 cm³/mol. The van der Waals surface area contributed by atoms with E-state index in [4.69, 9.17) is 23.4 Å². The first-order valence-corrected chi connectivity index (χ1v) is 8.97. The number of benzene rings is 1.